The Balaban J connectivity index is 2.77. The number of hydrogen-bond donors (Lipinski definition) is 0. The number of aromatic nitrogens is 4. The first-order chi connectivity index (χ1) is 8.62. The molecular weight excluding hydrogens is 226 g/mol. The van der Waals surface area contributed by atoms with Crippen molar-refractivity contribution in [2.75, 3.05) is 18.0 Å². The molecule has 5 heteroatoms. The molecule has 0 amide bonds. The minimum Gasteiger partial charge on any atom is -0.355 e. The fourth-order valence-electron chi connectivity index (χ4n) is 2.29. The number of fused-ring (bicyclic) bond motifs is 1. The largest absolute Gasteiger partial charge is 0.355 e. The second-order valence-electron chi connectivity index (χ2n) is 4.37. The number of rotatable bonds is 4. The van der Waals surface area contributed by atoms with Gasteiger partial charge in [-0.15, -0.1) is 0 Å². The molecule has 2 aromatic rings. The van der Waals surface area contributed by atoms with E-state index in [1.165, 1.54) is 0 Å². The summed E-state index contributed by atoms with van der Waals surface area (Å²) in [6.45, 7) is 13.1. The summed E-state index contributed by atoms with van der Waals surface area (Å²) in [7, 11) is 0. The number of anilines is 1. The SMILES string of the molecule is CCN(CC)c1nc(C)nc2c(C)nn(CC)c12. The van der Waals surface area contributed by atoms with Crippen molar-refractivity contribution >= 4 is 16.9 Å². The molecule has 0 fully saturated rings. The van der Waals surface area contributed by atoms with E-state index in [1.54, 1.807) is 0 Å². The molecule has 5 nitrogen and oxygen atoms in total. The van der Waals surface area contributed by atoms with Gasteiger partial charge in [-0.1, -0.05) is 0 Å². The molecule has 0 saturated heterocycles. The van der Waals surface area contributed by atoms with Crippen molar-refractivity contribution in [1.82, 2.24) is 19.7 Å². The van der Waals surface area contributed by atoms with Crippen molar-refractivity contribution in [1.29, 1.82) is 0 Å². The van der Waals surface area contributed by atoms with Gasteiger partial charge in [0.1, 0.15) is 16.9 Å². The predicted octanol–water partition coefficient (Wildman–Crippen LogP) is 2.31. The summed E-state index contributed by atoms with van der Waals surface area (Å²) in [5.74, 6) is 1.81. The van der Waals surface area contributed by atoms with E-state index in [-0.39, 0.29) is 0 Å². The van der Waals surface area contributed by atoms with Crippen molar-refractivity contribution in [3.05, 3.63) is 11.5 Å². The Morgan fingerprint density at radius 2 is 1.72 bits per heavy atom. The molecule has 0 N–H and O–H groups in total. The third kappa shape index (κ3) is 1.94. The van der Waals surface area contributed by atoms with Gasteiger partial charge >= 0.3 is 0 Å². The van der Waals surface area contributed by atoms with E-state index in [0.717, 1.165) is 48.0 Å². The van der Waals surface area contributed by atoms with Gasteiger partial charge in [-0.3, -0.25) is 4.68 Å². The maximum Gasteiger partial charge on any atom is 0.158 e. The van der Waals surface area contributed by atoms with Crippen molar-refractivity contribution in [3.63, 3.8) is 0 Å². The lowest BCUT2D eigenvalue weighted by molar-refractivity contribution is 0.673. The van der Waals surface area contributed by atoms with Gasteiger partial charge in [0.05, 0.1) is 5.69 Å². The Bertz CT molecular complexity index is 554. The van der Waals surface area contributed by atoms with E-state index in [1.807, 2.05) is 18.5 Å². The van der Waals surface area contributed by atoms with Gasteiger partial charge in [0, 0.05) is 19.6 Å². The van der Waals surface area contributed by atoms with Gasteiger partial charge in [-0.2, -0.15) is 5.10 Å². The van der Waals surface area contributed by atoms with Gasteiger partial charge in [-0.25, -0.2) is 9.97 Å². The van der Waals surface area contributed by atoms with Gasteiger partial charge in [0.2, 0.25) is 0 Å². The molecule has 0 saturated carbocycles. The molecular formula is C13H21N5. The fraction of sp³-hybridized carbons (Fsp3) is 0.615. The summed E-state index contributed by atoms with van der Waals surface area (Å²) in [5.41, 5.74) is 3.02. The van der Waals surface area contributed by atoms with Crippen molar-refractivity contribution in [2.24, 2.45) is 0 Å². The molecule has 0 aromatic carbocycles. The minimum atomic E-state index is 0.808. The Labute approximate surface area is 108 Å². The average Bonchev–Trinajstić information content (AvgIpc) is 2.68. The zero-order chi connectivity index (χ0) is 13.3. The van der Waals surface area contributed by atoms with E-state index in [0.29, 0.717) is 0 Å². The van der Waals surface area contributed by atoms with E-state index in [4.69, 9.17) is 0 Å². The zero-order valence-corrected chi connectivity index (χ0v) is 11.9. The molecule has 0 atom stereocenters. The first-order valence-corrected chi connectivity index (χ1v) is 6.59. The minimum absolute atomic E-state index is 0.808. The molecule has 2 rings (SSSR count). The molecule has 0 aliphatic rings. The van der Waals surface area contributed by atoms with Gasteiger partial charge in [0.15, 0.2) is 5.82 Å². The molecule has 98 valence electrons. The lowest BCUT2D eigenvalue weighted by Gasteiger charge is -2.21. The number of nitrogens with zero attached hydrogens (tertiary/aromatic N) is 5. The van der Waals surface area contributed by atoms with Crippen molar-refractivity contribution in [3.8, 4) is 0 Å². The summed E-state index contributed by atoms with van der Waals surface area (Å²) in [4.78, 5) is 11.4. The van der Waals surface area contributed by atoms with Crippen molar-refractivity contribution < 1.29 is 0 Å². The lowest BCUT2D eigenvalue weighted by atomic mass is 10.3. The van der Waals surface area contributed by atoms with Crippen LogP contribution in [0.1, 0.15) is 32.3 Å². The quantitative estimate of drug-likeness (QED) is 0.831. The summed E-state index contributed by atoms with van der Waals surface area (Å²) < 4.78 is 2.00. The third-order valence-corrected chi connectivity index (χ3v) is 3.21. The molecule has 18 heavy (non-hydrogen) atoms. The third-order valence-electron chi connectivity index (χ3n) is 3.21. The van der Waals surface area contributed by atoms with E-state index < -0.39 is 0 Å². The van der Waals surface area contributed by atoms with E-state index >= 15 is 0 Å². The highest BCUT2D eigenvalue weighted by Crippen LogP contribution is 2.25. The monoisotopic (exact) mass is 247 g/mol. The smallest absolute Gasteiger partial charge is 0.158 e. The van der Waals surface area contributed by atoms with Crippen LogP contribution in [0.2, 0.25) is 0 Å². The second-order valence-corrected chi connectivity index (χ2v) is 4.37. The van der Waals surface area contributed by atoms with Crippen LogP contribution in [-0.4, -0.2) is 32.8 Å². The first kappa shape index (κ1) is 12.8. The normalized spacial score (nSPS) is 11.2. The Morgan fingerprint density at radius 1 is 1.06 bits per heavy atom. The number of hydrogen-bond acceptors (Lipinski definition) is 4. The molecule has 2 heterocycles. The van der Waals surface area contributed by atoms with Crippen LogP contribution >= 0.6 is 0 Å². The summed E-state index contributed by atoms with van der Waals surface area (Å²) in [6.07, 6.45) is 0. The number of aryl methyl sites for hydroxylation is 3. The summed E-state index contributed by atoms with van der Waals surface area (Å²) >= 11 is 0. The van der Waals surface area contributed by atoms with Gasteiger partial charge in [-0.05, 0) is 34.6 Å². The van der Waals surface area contributed by atoms with Crippen LogP contribution in [0.5, 0.6) is 0 Å². The maximum absolute atomic E-state index is 4.62. The van der Waals surface area contributed by atoms with Gasteiger partial charge < -0.3 is 4.90 Å². The first-order valence-electron chi connectivity index (χ1n) is 6.59. The molecule has 0 aliphatic carbocycles. The summed E-state index contributed by atoms with van der Waals surface area (Å²) in [6, 6.07) is 0. The van der Waals surface area contributed by atoms with Crippen LogP contribution in [0.3, 0.4) is 0 Å². The Kier molecular flexibility index (Phi) is 3.50. The van der Waals surface area contributed by atoms with Crippen LogP contribution < -0.4 is 4.90 Å². The van der Waals surface area contributed by atoms with Crippen LogP contribution in [0, 0.1) is 13.8 Å². The summed E-state index contributed by atoms with van der Waals surface area (Å²) in [5, 5.41) is 4.55. The van der Waals surface area contributed by atoms with E-state index in [9.17, 15) is 0 Å². The molecule has 0 radical (unpaired) electrons. The highest BCUT2D eigenvalue weighted by Gasteiger charge is 2.17. The van der Waals surface area contributed by atoms with E-state index in [2.05, 4.69) is 40.7 Å². The highest BCUT2D eigenvalue weighted by atomic mass is 15.3. The standard InChI is InChI=1S/C13H21N5/c1-6-17(7-2)13-12-11(14-10(5)15-13)9(4)16-18(12)8-3/h6-8H2,1-5H3. The molecule has 0 aliphatic heterocycles. The fourth-order valence-corrected chi connectivity index (χ4v) is 2.29. The molecule has 2 aromatic heterocycles. The highest BCUT2D eigenvalue weighted by molar-refractivity contribution is 5.88. The molecule has 0 spiro atoms. The van der Waals surface area contributed by atoms with Crippen LogP contribution in [-0.2, 0) is 6.54 Å². The molecule has 0 bridgehead atoms. The average molecular weight is 247 g/mol. The zero-order valence-electron chi connectivity index (χ0n) is 11.9. The Hall–Kier alpha value is -1.65. The van der Waals surface area contributed by atoms with Crippen molar-refractivity contribution in [2.45, 2.75) is 41.2 Å². The van der Waals surface area contributed by atoms with Crippen LogP contribution in [0.4, 0.5) is 5.82 Å². The molecule has 0 unspecified atom stereocenters. The topological polar surface area (TPSA) is 46.8 Å². The Morgan fingerprint density at radius 3 is 2.28 bits per heavy atom. The van der Waals surface area contributed by atoms with Crippen LogP contribution in [0.25, 0.3) is 11.0 Å². The second kappa shape index (κ2) is 4.92. The van der Waals surface area contributed by atoms with Crippen LogP contribution in [0.15, 0.2) is 0 Å². The predicted molar refractivity (Wildman–Crippen MR) is 74.0 cm³/mol. The van der Waals surface area contributed by atoms with Gasteiger partial charge in [0.25, 0.3) is 0 Å². The lowest BCUT2D eigenvalue weighted by Crippen LogP contribution is -2.24. The maximum atomic E-state index is 4.62.